The minimum absolute atomic E-state index is 0.0479. The Morgan fingerprint density at radius 2 is 2.37 bits per heavy atom. The number of amides is 1. The van der Waals surface area contributed by atoms with E-state index in [9.17, 15) is 4.79 Å². The van der Waals surface area contributed by atoms with Crippen molar-refractivity contribution in [1.29, 1.82) is 0 Å². The minimum Gasteiger partial charge on any atom is -0.381 e. The number of carbonyl (C=O) groups excluding carboxylic acids is 1. The second kappa shape index (κ2) is 6.73. The third-order valence-electron chi connectivity index (χ3n) is 3.34. The Balaban J connectivity index is 2.08. The van der Waals surface area contributed by atoms with Gasteiger partial charge < -0.3 is 9.64 Å². The normalized spacial score (nSPS) is 18.6. The molecule has 1 fully saturated rings. The first-order valence-corrected chi connectivity index (χ1v) is 7.61. The van der Waals surface area contributed by atoms with Gasteiger partial charge in [-0.1, -0.05) is 11.6 Å². The van der Waals surface area contributed by atoms with Crippen molar-refractivity contribution in [2.45, 2.75) is 13.3 Å². The number of benzene rings is 1. The molecule has 1 aliphatic rings. The van der Waals surface area contributed by atoms with E-state index in [-0.39, 0.29) is 5.91 Å². The van der Waals surface area contributed by atoms with Crippen LogP contribution in [-0.2, 0) is 4.74 Å². The zero-order valence-electron chi connectivity index (χ0n) is 10.9. The summed E-state index contributed by atoms with van der Waals surface area (Å²) in [5.74, 6) is 0.506. The van der Waals surface area contributed by atoms with Crippen molar-refractivity contribution in [3.05, 3.63) is 33.3 Å². The van der Waals surface area contributed by atoms with Gasteiger partial charge in [0.2, 0.25) is 0 Å². The van der Waals surface area contributed by atoms with E-state index in [1.54, 1.807) is 18.2 Å². The van der Waals surface area contributed by atoms with Gasteiger partial charge in [0.1, 0.15) is 0 Å². The summed E-state index contributed by atoms with van der Waals surface area (Å²) in [4.78, 5) is 14.3. The lowest BCUT2D eigenvalue weighted by molar-refractivity contribution is 0.0731. The highest BCUT2D eigenvalue weighted by atomic mass is 79.9. The van der Waals surface area contributed by atoms with Crippen LogP contribution in [0.4, 0.5) is 0 Å². The van der Waals surface area contributed by atoms with E-state index in [1.807, 2.05) is 11.8 Å². The molecule has 1 unspecified atom stereocenters. The van der Waals surface area contributed by atoms with Gasteiger partial charge in [-0.25, -0.2) is 0 Å². The van der Waals surface area contributed by atoms with Crippen LogP contribution in [0.25, 0.3) is 0 Å². The Labute approximate surface area is 127 Å². The number of ether oxygens (including phenoxy) is 1. The predicted octanol–water partition coefficient (Wildman–Crippen LogP) is 3.60. The lowest BCUT2D eigenvalue weighted by atomic mass is 10.1. The van der Waals surface area contributed by atoms with E-state index < -0.39 is 0 Å². The molecular formula is C14H17BrClNO2. The molecule has 1 atom stereocenters. The number of nitrogens with zero attached hydrogens (tertiary/aromatic N) is 1. The van der Waals surface area contributed by atoms with Crippen LogP contribution in [-0.4, -0.2) is 37.1 Å². The molecule has 0 aromatic heterocycles. The van der Waals surface area contributed by atoms with Gasteiger partial charge in [0, 0.05) is 35.7 Å². The molecular weight excluding hydrogens is 330 g/mol. The topological polar surface area (TPSA) is 29.5 Å². The van der Waals surface area contributed by atoms with Gasteiger partial charge in [-0.05, 0) is 47.5 Å². The monoisotopic (exact) mass is 345 g/mol. The first-order valence-electron chi connectivity index (χ1n) is 6.44. The summed E-state index contributed by atoms with van der Waals surface area (Å²) in [5.41, 5.74) is 0.664. The molecule has 1 aliphatic heterocycles. The lowest BCUT2D eigenvalue weighted by Crippen LogP contribution is -2.35. The summed E-state index contributed by atoms with van der Waals surface area (Å²) < 4.78 is 6.11. The highest BCUT2D eigenvalue weighted by molar-refractivity contribution is 9.10. The number of halogens is 2. The van der Waals surface area contributed by atoms with Crippen LogP contribution in [0.15, 0.2) is 22.7 Å². The summed E-state index contributed by atoms with van der Waals surface area (Å²) in [6.07, 6.45) is 1.04. The average Bonchev–Trinajstić information content (AvgIpc) is 2.91. The smallest absolute Gasteiger partial charge is 0.253 e. The van der Waals surface area contributed by atoms with Gasteiger partial charge >= 0.3 is 0 Å². The molecule has 0 saturated carbocycles. The summed E-state index contributed by atoms with van der Waals surface area (Å²) >= 11 is 9.30. The fourth-order valence-electron chi connectivity index (χ4n) is 2.21. The first kappa shape index (κ1) is 14.8. The Morgan fingerprint density at radius 1 is 1.58 bits per heavy atom. The highest BCUT2D eigenvalue weighted by Gasteiger charge is 2.22. The van der Waals surface area contributed by atoms with Gasteiger partial charge in [0.05, 0.1) is 11.6 Å². The molecule has 1 heterocycles. The van der Waals surface area contributed by atoms with Gasteiger partial charge in [0.15, 0.2) is 0 Å². The second-order valence-corrected chi connectivity index (χ2v) is 5.96. The van der Waals surface area contributed by atoms with Crippen LogP contribution in [0.3, 0.4) is 0 Å². The first-order chi connectivity index (χ1) is 9.11. The maximum absolute atomic E-state index is 12.4. The fraction of sp³-hybridized carbons (Fsp3) is 0.500. The maximum atomic E-state index is 12.4. The van der Waals surface area contributed by atoms with Crippen molar-refractivity contribution in [2.24, 2.45) is 5.92 Å². The van der Waals surface area contributed by atoms with E-state index in [0.717, 1.165) is 30.7 Å². The van der Waals surface area contributed by atoms with Crippen LogP contribution in [0, 0.1) is 5.92 Å². The van der Waals surface area contributed by atoms with E-state index in [1.165, 1.54) is 0 Å². The molecule has 0 N–H and O–H groups in total. The zero-order chi connectivity index (χ0) is 13.8. The third kappa shape index (κ3) is 3.71. The largest absolute Gasteiger partial charge is 0.381 e. The van der Waals surface area contributed by atoms with Crippen molar-refractivity contribution >= 4 is 33.4 Å². The Morgan fingerprint density at radius 3 is 2.95 bits per heavy atom. The fourth-order valence-corrected chi connectivity index (χ4v) is 2.70. The van der Waals surface area contributed by atoms with Crippen LogP contribution >= 0.6 is 27.5 Å². The van der Waals surface area contributed by atoms with Gasteiger partial charge in [-0.15, -0.1) is 0 Å². The number of rotatable bonds is 4. The molecule has 0 radical (unpaired) electrons. The van der Waals surface area contributed by atoms with Crippen LogP contribution < -0.4 is 0 Å². The standard InChI is InChI=1S/C14H17BrClNO2/c1-2-17(8-10-5-6-19-9-10)14(18)11-3-4-13(16)12(15)7-11/h3-4,7,10H,2,5-6,8-9H2,1H3. The van der Waals surface area contributed by atoms with Gasteiger partial charge in [-0.3, -0.25) is 4.79 Å². The molecule has 1 aromatic rings. The Kier molecular flexibility index (Phi) is 5.25. The summed E-state index contributed by atoms with van der Waals surface area (Å²) in [7, 11) is 0. The number of hydrogen-bond donors (Lipinski definition) is 0. The van der Waals surface area contributed by atoms with Crippen molar-refractivity contribution in [2.75, 3.05) is 26.3 Å². The van der Waals surface area contributed by atoms with Crippen molar-refractivity contribution in [3.8, 4) is 0 Å². The van der Waals surface area contributed by atoms with Crippen LogP contribution in [0.5, 0.6) is 0 Å². The molecule has 5 heteroatoms. The van der Waals surface area contributed by atoms with Crippen LogP contribution in [0.1, 0.15) is 23.7 Å². The molecule has 19 heavy (non-hydrogen) atoms. The van der Waals surface area contributed by atoms with Gasteiger partial charge in [0.25, 0.3) is 5.91 Å². The highest BCUT2D eigenvalue weighted by Crippen LogP contribution is 2.24. The molecule has 1 amide bonds. The number of hydrogen-bond acceptors (Lipinski definition) is 2. The van der Waals surface area contributed by atoms with E-state index >= 15 is 0 Å². The Bertz CT molecular complexity index is 461. The summed E-state index contributed by atoms with van der Waals surface area (Å²) in [6.45, 7) is 5.03. The van der Waals surface area contributed by atoms with Crippen molar-refractivity contribution < 1.29 is 9.53 Å². The predicted molar refractivity (Wildman–Crippen MR) is 79.7 cm³/mol. The number of carbonyl (C=O) groups is 1. The van der Waals surface area contributed by atoms with Crippen molar-refractivity contribution in [3.63, 3.8) is 0 Å². The zero-order valence-corrected chi connectivity index (χ0v) is 13.2. The molecule has 2 rings (SSSR count). The van der Waals surface area contributed by atoms with Crippen molar-refractivity contribution in [1.82, 2.24) is 4.90 Å². The lowest BCUT2D eigenvalue weighted by Gasteiger charge is -2.24. The molecule has 1 aromatic carbocycles. The molecule has 1 saturated heterocycles. The molecule has 0 bridgehead atoms. The van der Waals surface area contributed by atoms with Gasteiger partial charge in [-0.2, -0.15) is 0 Å². The van der Waals surface area contributed by atoms with E-state index in [4.69, 9.17) is 16.3 Å². The maximum Gasteiger partial charge on any atom is 0.253 e. The summed E-state index contributed by atoms with van der Waals surface area (Å²) in [5, 5.41) is 0.615. The molecule has 0 aliphatic carbocycles. The molecule has 3 nitrogen and oxygen atoms in total. The average molecular weight is 347 g/mol. The molecule has 0 spiro atoms. The third-order valence-corrected chi connectivity index (χ3v) is 4.55. The van der Waals surface area contributed by atoms with Crippen LogP contribution in [0.2, 0.25) is 5.02 Å². The Hall–Kier alpha value is -0.580. The SMILES string of the molecule is CCN(CC1CCOC1)C(=O)c1ccc(Cl)c(Br)c1. The second-order valence-electron chi connectivity index (χ2n) is 4.70. The molecule has 104 valence electrons. The van der Waals surface area contributed by atoms with E-state index in [0.29, 0.717) is 23.0 Å². The van der Waals surface area contributed by atoms with E-state index in [2.05, 4.69) is 15.9 Å². The summed E-state index contributed by atoms with van der Waals surface area (Å²) in [6, 6.07) is 5.28. The quantitative estimate of drug-likeness (QED) is 0.833. The minimum atomic E-state index is 0.0479.